The number of rotatable bonds is 2. The summed E-state index contributed by atoms with van der Waals surface area (Å²) in [6.07, 6.45) is 9.40. The molecule has 1 rings (SSSR count). The van der Waals surface area contributed by atoms with Crippen LogP contribution >= 0.6 is 11.8 Å². The zero-order chi connectivity index (χ0) is 7.23. The first-order valence-electron chi connectivity index (χ1n) is 3.38. The third-order valence-corrected chi connectivity index (χ3v) is 1.92. The predicted molar refractivity (Wildman–Crippen MR) is 47.8 cm³/mol. The van der Waals surface area contributed by atoms with Gasteiger partial charge in [-0.1, -0.05) is 30.8 Å². The zero-order valence-corrected chi connectivity index (χ0v) is 6.82. The molecule has 0 aliphatic carbocycles. The van der Waals surface area contributed by atoms with E-state index >= 15 is 0 Å². The van der Waals surface area contributed by atoms with Gasteiger partial charge >= 0.3 is 0 Å². The summed E-state index contributed by atoms with van der Waals surface area (Å²) < 4.78 is 0. The van der Waals surface area contributed by atoms with Gasteiger partial charge in [0, 0.05) is 10.3 Å². The van der Waals surface area contributed by atoms with Crippen LogP contribution in [0.2, 0.25) is 0 Å². The van der Waals surface area contributed by atoms with Crippen LogP contribution < -0.4 is 0 Å². The fraction of sp³-hybridized carbons (Fsp3) is 0.222. The molecule has 0 saturated carbocycles. The molecular weight excluding hydrogens is 140 g/mol. The molecule has 52 valence electrons. The first-order chi connectivity index (χ1) is 4.93. The quantitative estimate of drug-likeness (QED) is 0.544. The summed E-state index contributed by atoms with van der Waals surface area (Å²) in [7, 11) is 0. The van der Waals surface area contributed by atoms with Crippen LogP contribution in [0.1, 0.15) is 13.3 Å². The Hall–Kier alpha value is -0.650. The standard InChI is InChI=1S/C9H10S/c1-2-3-6-9-7-4-5-8-10-9/h3-4,6-8H,2H2,1H3/b6-3+. The zero-order valence-electron chi connectivity index (χ0n) is 6.00. The van der Waals surface area contributed by atoms with E-state index < -0.39 is 0 Å². The lowest BCUT2D eigenvalue weighted by molar-refractivity contribution is 1.22. The summed E-state index contributed by atoms with van der Waals surface area (Å²) in [6, 6.07) is 0. The first kappa shape index (κ1) is 7.46. The van der Waals surface area contributed by atoms with Crippen LogP contribution in [0.4, 0.5) is 0 Å². The Kier molecular flexibility index (Phi) is 3.14. The van der Waals surface area contributed by atoms with Crippen LogP contribution in [0.3, 0.4) is 0 Å². The van der Waals surface area contributed by atoms with Gasteiger partial charge in [0.1, 0.15) is 0 Å². The second-order valence-electron chi connectivity index (χ2n) is 1.95. The molecule has 0 aromatic rings. The first-order valence-corrected chi connectivity index (χ1v) is 4.26. The number of allylic oxidation sites excluding steroid dienone is 4. The number of thioether (sulfide) groups is 1. The van der Waals surface area contributed by atoms with E-state index in [1.54, 1.807) is 11.8 Å². The molecule has 0 nitrogen and oxygen atoms in total. The maximum atomic E-state index is 2.99. The largest absolute Gasteiger partial charge is 0.114 e. The van der Waals surface area contributed by atoms with Crippen molar-refractivity contribution < 1.29 is 0 Å². The Bertz CT molecular complexity index is 215. The van der Waals surface area contributed by atoms with Crippen LogP contribution in [0, 0.1) is 0 Å². The SMILES string of the molecule is CC/C=C/C1=CC=C=CS1. The minimum absolute atomic E-state index is 1.10. The Morgan fingerprint density at radius 3 is 3.20 bits per heavy atom. The van der Waals surface area contributed by atoms with Crippen LogP contribution in [0.15, 0.2) is 40.3 Å². The van der Waals surface area contributed by atoms with Gasteiger partial charge in [-0.3, -0.25) is 0 Å². The molecule has 0 spiro atoms. The summed E-state index contributed by atoms with van der Waals surface area (Å²) in [6.45, 7) is 2.14. The molecule has 0 atom stereocenters. The van der Waals surface area contributed by atoms with Gasteiger partial charge in [0.05, 0.1) is 0 Å². The van der Waals surface area contributed by atoms with Crippen LogP contribution in [-0.2, 0) is 0 Å². The van der Waals surface area contributed by atoms with Crippen molar-refractivity contribution in [1.29, 1.82) is 0 Å². The molecule has 0 aromatic carbocycles. The molecular formula is C9H10S. The molecule has 0 aromatic heterocycles. The molecule has 1 aliphatic heterocycles. The Morgan fingerprint density at radius 2 is 2.60 bits per heavy atom. The molecule has 10 heavy (non-hydrogen) atoms. The van der Waals surface area contributed by atoms with E-state index in [2.05, 4.69) is 30.9 Å². The lowest BCUT2D eigenvalue weighted by Gasteiger charge is -1.95. The van der Waals surface area contributed by atoms with Gasteiger partial charge in [-0.05, 0) is 18.6 Å². The van der Waals surface area contributed by atoms with E-state index in [0.29, 0.717) is 0 Å². The molecule has 0 unspecified atom stereocenters. The van der Waals surface area contributed by atoms with E-state index in [1.165, 1.54) is 4.91 Å². The fourth-order valence-corrected chi connectivity index (χ4v) is 1.24. The summed E-state index contributed by atoms with van der Waals surface area (Å²) in [5.41, 5.74) is 2.99. The van der Waals surface area contributed by atoms with Crippen molar-refractivity contribution in [2.75, 3.05) is 0 Å². The highest BCUT2D eigenvalue weighted by Gasteiger charge is 1.89. The van der Waals surface area contributed by atoms with E-state index in [9.17, 15) is 0 Å². The minimum Gasteiger partial charge on any atom is -0.114 e. The van der Waals surface area contributed by atoms with Gasteiger partial charge in [-0.15, -0.1) is 5.73 Å². The van der Waals surface area contributed by atoms with Crippen LogP contribution in [0.5, 0.6) is 0 Å². The Balaban J connectivity index is 2.52. The third-order valence-electron chi connectivity index (χ3n) is 1.12. The molecule has 1 aliphatic rings. The number of hydrogen-bond acceptors (Lipinski definition) is 1. The van der Waals surface area contributed by atoms with Gasteiger partial charge in [-0.2, -0.15) is 0 Å². The van der Waals surface area contributed by atoms with Gasteiger partial charge < -0.3 is 0 Å². The van der Waals surface area contributed by atoms with Gasteiger partial charge in [0.2, 0.25) is 0 Å². The molecule has 0 radical (unpaired) electrons. The van der Waals surface area contributed by atoms with Crippen LogP contribution in [-0.4, -0.2) is 0 Å². The van der Waals surface area contributed by atoms with Crippen molar-refractivity contribution in [2.45, 2.75) is 13.3 Å². The van der Waals surface area contributed by atoms with Crippen molar-refractivity contribution in [3.63, 3.8) is 0 Å². The normalized spacial score (nSPS) is 16.3. The maximum absolute atomic E-state index is 2.99. The topological polar surface area (TPSA) is 0 Å². The van der Waals surface area contributed by atoms with E-state index in [1.807, 2.05) is 11.5 Å². The summed E-state index contributed by atoms with van der Waals surface area (Å²) in [4.78, 5) is 1.29. The lowest BCUT2D eigenvalue weighted by Crippen LogP contribution is -1.68. The van der Waals surface area contributed by atoms with Crippen LogP contribution in [0.25, 0.3) is 0 Å². The molecule has 0 N–H and O–H groups in total. The molecule has 1 heteroatoms. The summed E-state index contributed by atoms with van der Waals surface area (Å²) in [5.74, 6) is 0. The second-order valence-corrected chi connectivity index (χ2v) is 2.89. The van der Waals surface area contributed by atoms with Crippen molar-refractivity contribution in [2.24, 2.45) is 0 Å². The smallest absolute Gasteiger partial charge is 0.0179 e. The van der Waals surface area contributed by atoms with E-state index in [0.717, 1.165) is 6.42 Å². The van der Waals surface area contributed by atoms with E-state index in [-0.39, 0.29) is 0 Å². The molecule has 0 fully saturated rings. The second kappa shape index (κ2) is 4.21. The number of hydrogen-bond donors (Lipinski definition) is 0. The molecule has 1 heterocycles. The average Bonchev–Trinajstić information content (AvgIpc) is 2.03. The van der Waals surface area contributed by atoms with Gasteiger partial charge in [-0.25, -0.2) is 0 Å². The Morgan fingerprint density at radius 1 is 1.70 bits per heavy atom. The Labute approximate surface area is 66.0 Å². The molecule has 0 amide bonds. The van der Waals surface area contributed by atoms with E-state index in [4.69, 9.17) is 0 Å². The predicted octanol–water partition coefficient (Wildman–Crippen LogP) is 3.25. The maximum Gasteiger partial charge on any atom is 0.0179 e. The van der Waals surface area contributed by atoms with Gasteiger partial charge in [0.25, 0.3) is 0 Å². The minimum atomic E-state index is 1.10. The highest BCUT2D eigenvalue weighted by Crippen LogP contribution is 2.20. The highest BCUT2D eigenvalue weighted by molar-refractivity contribution is 8.06. The lowest BCUT2D eigenvalue weighted by atomic mass is 10.4. The highest BCUT2D eigenvalue weighted by atomic mass is 32.2. The van der Waals surface area contributed by atoms with Crippen molar-refractivity contribution in [3.8, 4) is 0 Å². The fourth-order valence-electron chi connectivity index (χ4n) is 0.640. The average molecular weight is 150 g/mol. The summed E-state index contributed by atoms with van der Waals surface area (Å²) in [5, 5.41) is 1.97. The van der Waals surface area contributed by atoms with Crippen molar-refractivity contribution >= 4 is 11.8 Å². The van der Waals surface area contributed by atoms with Crippen molar-refractivity contribution in [3.05, 3.63) is 40.3 Å². The monoisotopic (exact) mass is 150 g/mol. The summed E-state index contributed by atoms with van der Waals surface area (Å²) >= 11 is 1.71. The van der Waals surface area contributed by atoms with Crippen molar-refractivity contribution in [1.82, 2.24) is 0 Å². The molecule has 0 saturated heterocycles. The third kappa shape index (κ3) is 2.30. The molecule has 0 bridgehead atoms. The van der Waals surface area contributed by atoms with Gasteiger partial charge in [0.15, 0.2) is 0 Å².